The van der Waals surface area contributed by atoms with Gasteiger partial charge in [0.2, 0.25) is 5.95 Å². The first-order chi connectivity index (χ1) is 14.4. The molecule has 0 radical (unpaired) electrons. The van der Waals surface area contributed by atoms with Crippen LogP contribution in [0.1, 0.15) is 53.7 Å². The lowest BCUT2D eigenvalue weighted by atomic mass is 9.99. The predicted octanol–water partition coefficient (Wildman–Crippen LogP) is 3.11. The Bertz CT molecular complexity index is 904. The van der Waals surface area contributed by atoms with Gasteiger partial charge in [0.1, 0.15) is 11.3 Å². The normalized spacial score (nSPS) is 20.5. The van der Waals surface area contributed by atoms with Crippen molar-refractivity contribution < 1.29 is 18.0 Å². The molecule has 4 rings (SSSR count). The van der Waals surface area contributed by atoms with Gasteiger partial charge in [-0.15, -0.1) is 0 Å². The SMILES string of the molecule is O=C1NCCCCCc2c(-c3nc(N[C@H]4CCCNC4)ncc3C(F)(F)F)c[nH]c21. The van der Waals surface area contributed by atoms with Crippen molar-refractivity contribution in [2.75, 3.05) is 25.0 Å². The molecule has 0 aromatic carbocycles. The predicted molar refractivity (Wildman–Crippen MR) is 106 cm³/mol. The van der Waals surface area contributed by atoms with Crippen LogP contribution in [0.4, 0.5) is 19.1 Å². The number of carbonyl (C=O) groups excluding carboxylic acids is 1. The van der Waals surface area contributed by atoms with Gasteiger partial charge >= 0.3 is 6.18 Å². The van der Waals surface area contributed by atoms with E-state index in [2.05, 4.69) is 30.9 Å². The third-order valence-electron chi connectivity index (χ3n) is 5.58. The lowest BCUT2D eigenvalue weighted by Gasteiger charge is -2.24. The molecule has 1 amide bonds. The molecular weight excluding hydrogens is 397 g/mol. The highest BCUT2D eigenvalue weighted by Gasteiger charge is 2.37. The first-order valence-corrected chi connectivity index (χ1v) is 10.3. The third-order valence-corrected chi connectivity index (χ3v) is 5.58. The van der Waals surface area contributed by atoms with Gasteiger partial charge in [0.25, 0.3) is 5.91 Å². The maximum absolute atomic E-state index is 13.7. The summed E-state index contributed by atoms with van der Waals surface area (Å²) in [7, 11) is 0. The van der Waals surface area contributed by atoms with E-state index in [1.807, 2.05) is 0 Å². The highest BCUT2D eigenvalue weighted by atomic mass is 19.4. The molecule has 30 heavy (non-hydrogen) atoms. The van der Waals surface area contributed by atoms with Gasteiger partial charge in [-0.25, -0.2) is 9.97 Å². The summed E-state index contributed by atoms with van der Waals surface area (Å²) in [4.78, 5) is 23.5. The molecule has 2 aromatic rings. The summed E-state index contributed by atoms with van der Waals surface area (Å²) in [6, 6.07) is 0.0597. The van der Waals surface area contributed by atoms with Gasteiger partial charge in [0.15, 0.2) is 0 Å². The topological polar surface area (TPSA) is 94.7 Å². The smallest absolute Gasteiger partial charge is 0.356 e. The second-order valence-electron chi connectivity index (χ2n) is 7.76. The average Bonchev–Trinajstić information content (AvgIpc) is 3.16. The van der Waals surface area contributed by atoms with E-state index in [0.717, 1.165) is 44.8 Å². The molecule has 0 spiro atoms. The Hall–Kier alpha value is -2.62. The Morgan fingerprint density at radius 3 is 2.77 bits per heavy atom. The number of fused-ring (bicyclic) bond motifs is 1. The van der Waals surface area contributed by atoms with E-state index in [1.54, 1.807) is 0 Å². The Kier molecular flexibility index (Phi) is 5.94. The van der Waals surface area contributed by atoms with Crippen LogP contribution in [0.5, 0.6) is 0 Å². The molecule has 0 unspecified atom stereocenters. The number of carbonyl (C=O) groups is 1. The highest BCUT2D eigenvalue weighted by molar-refractivity contribution is 5.96. The zero-order valence-electron chi connectivity index (χ0n) is 16.5. The third kappa shape index (κ3) is 4.43. The molecule has 1 atom stereocenters. The number of alkyl halides is 3. The first-order valence-electron chi connectivity index (χ1n) is 10.3. The van der Waals surface area contributed by atoms with Gasteiger partial charge in [-0.3, -0.25) is 4.79 Å². The van der Waals surface area contributed by atoms with E-state index in [-0.39, 0.29) is 23.6 Å². The largest absolute Gasteiger partial charge is 0.419 e. The van der Waals surface area contributed by atoms with Gasteiger partial charge in [0.05, 0.1) is 5.69 Å². The molecule has 4 N–H and O–H groups in total. The monoisotopic (exact) mass is 422 g/mol. The molecule has 1 saturated heterocycles. The number of H-pyrrole nitrogens is 1. The molecular formula is C20H25F3N6O. The number of aromatic nitrogens is 3. The maximum Gasteiger partial charge on any atom is 0.419 e. The number of rotatable bonds is 3. The second kappa shape index (κ2) is 8.63. The van der Waals surface area contributed by atoms with Crippen LogP contribution in [-0.4, -0.2) is 46.5 Å². The summed E-state index contributed by atoms with van der Waals surface area (Å²) in [5.74, 6) is -0.137. The molecule has 2 aliphatic heterocycles. The van der Waals surface area contributed by atoms with Crippen LogP contribution in [0.15, 0.2) is 12.4 Å². The number of halogens is 3. The lowest BCUT2D eigenvalue weighted by Crippen LogP contribution is -2.38. The van der Waals surface area contributed by atoms with E-state index >= 15 is 0 Å². The standard InChI is InChI=1S/C20H25F3N6O/c21-20(22,23)15-11-27-19(28-12-5-4-7-24-9-12)29-16(15)14-10-26-17-13(14)6-2-1-3-8-25-18(17)30/h10-12,24,26H,1-9H2,(H,25,30)(H,27,28,29)/t12-/m0/s1. The van der Waals surface area contributed by atoms with Crippen molar-refractivity contribution in [2.24, 2.45) is 0 Å². The fourth-order valence-corrected chi connectivity index (χ4v) is 4.04. The summed E-state index contributed by atoms with van der Waals surface area (Å²) in [5.41, 5.74) is 0.0836. The van der Waals surface area contributed by atoms with Crippen molar-refractivity contribution in [3.8, 4) is 11.3 Å². The minimum absolute atomic E-state index is 0.0597. The number of aromatic amines is 1. The first kappa shape index (κ1) is 20.6. The van der Waals surface area contributed by atoms with Crippen molar-refractivity contribution in [3.63, 3.8) is 0 Å². The fraction of sp³-hybridized carbons (Fsp3) is 0.550. The maximum atomic E-state index is 13.7. The molecule has 0 aliphatic carbocycles. The minimum atomic E-state index is -4.61. The molecule has 10 heteroatoms. The van der Waals surface area contributed by atoms with Crippen molar-refractivity contribution in [1.29, 1.82) is 0 Å². The Labute approximate surface area is 172 Å². The zero-order chi connectivity index (χ0) is 21.1. The van der Waals surface area contributed by atoms with Crippen LogP contribution < -0.4 is 16.0 Å². The van der Waals surface area contributed by atoms with E-state index in [9.17, 15) is 18.0 Å². The summed E-state index contributed by atoms with van der Waals surface area (Å²) < 4.78 is 41.2. The number of piperidine rings is 1. The van der Waals surface area contributed by atoms with Crippen LogP contribution in [-0.2, 0) is 12.6 Å². The van der Waals surface area contributed by atoms with Gasteiger partial charge < -0.3 is 20.9 Å². The fourth-order valence-electron chi connectivity index (χ4n) is 4.04. The minimum Gasteiger partial charge on any atom is -0.356 e. The molecule has 0 saturated carbocycles. The Morgan fingerprint density at radius 1 is 1.13 bits per heavy atom. The van der Waals surface area contributed by atoms with Crippen LogP contribution >= 0.6 is 0 Å². The molecule has 2 aromatic heterocycles. The summed E-state index contributed by atoms with van der Waals surface area (Å²) >= 11 is 0. The molecule has 2 aliphatic rings. The van der Waals surface area contributed by atoms with E-state index < -0.39 is 11.7 Å². The van der Waals surface area contributed by atoms with Crippen molar-refractivity contribution in [3.05, 3.63) is 29.2 Å². The summed E-state index contributed by atoms with van der Waals surface area (Å²) in [6.07, 6.45) is 2.59. The van der Waals surface area contributed by atoms with Crippen LogP contribution in [0.3, 0.4) is 0 Å². The van der Waals surface area contributed by atoms with Gasteiger partial charge in [-0.2, -0.15) is 13.2 Å². The van der Waals surface area contributed by atoms with Crippen molar-refractivity contribution in [2.45, 2.75) is 50.7 Å². The van der Waals surface area contributed by atoms with Crippen molar-refractivity contribution >= 4 is 11.9 Å². The van der Waals surface area contributed by atoms with Gasteiger partial charge in [-0.1, -0.05) is 6.42 Å². The van der Waals surface area contributed by atoms with Gasteiger partial charge in [-0.05, 0) is 44.2 Å². The number of nitrogens with one attached hydrogen (secondary N) is 4. The summed E-state index contributed by atoms with van der Waals surface area (Å²) in [6.45, 7) is 2.19. The second-order valence-corrected chi connectivity index (χ2v) is 7.76. The molecule has 7 nitrogen and oxygen atoms in total. The molecule has 0 bridgehead atoms. The average molecular weight is 422 g/mol. The van der Waals surface area contributed by atoms with Gasteiger partial charge in [0, 0.05) is 37.1 Å². The van der Waals surface area contributed by atoms with Crippen LogP contribution in [0, 0.1) is 0 Å². The Balaban J connectivity index is 1.75. The molecule has 4 heterocycles. The van der Waals surface area contributed by atoms with E-state index in [4.69, 9.17) is 0 Å². The quantitative estimate of drug-likeness (QED) is 0.610. The van der Waals surface area contributed by atoms with E-state index in [0.29, 0.717) is 36.3 Å². The Morgan fingerprint density at radius 2 is 2.00 bits per heavy atom. The number of nitrogens with zero attached hydrogens (tertiary/aromatic N) is 2. The number of anilines is 1. The van der Waals surface area contributed by atoms with Crippen LogP contribution in [0.2, 0.25) is 0 Å². The summed E-state index contributed by atoms with van der Waals surface area (Å²) in [5, 5.41) is 9.20. The van der Waals surface area contributed by atoms with Crippen molar-refractivity contribution in [1.82, 2.24) is 25.6 Å². The lowest BCUT2D eigenvalue weighted by molar-refractivity contribution is -0.137. The highest BCUT2D eigenvalue weighted by Crippen LogP contribution is 2.38. The van der Waals surface area contributed by atoms with Crippen LogP contribution in [0.25, 0.3) is 11.3 Å². The van der Waals surface area contributed by atoms with E-state index in [1.165, 1.54) is 6.20 Å². The molecule has 162 valence electrons. The zero-order valence-corrected chi connectivity index (χ0v) is 16.5. The number of hydrogen-bond acceptors (Lipinski definition) is 5. The number of amides is 1. The molecule has 1 fully saturated rings. The number of hydrogen-bond donors (Lipinski definition) is 4.